The SMILES string of the molecule is Cc1cc(-c2cccc(Cc3ccnc(C4=NC=CC4)c3)c2)n[nH]1. The van der Waals surface area contributed by atoms with Crippen molar-refractivity contribution in [1.29, 1.82) is 0 Å². The maximum absolute atomic E-state index is 4.45. The van der Waals surface area contributed by atoms with E-state index in [9.17, 15) is 0 Å². The third-order valence-electron chi connectivity index (χ3n) is 4.10. The zero-order valence-corrected chi connectivity index (χ0v) is 13.5. The van der Waals surface area contributed by atoms with E-state index in [0.29, 0.717) is 0 Å². The van der Waals surface area contributed by atoms with Gasteiger partial charge in [0.25, 0.3) is 0 Å². The molecule has 2 aromatic heterocycles. The summed E-state index contributed by atoms with van der Waals surface area (Å²) in [6, 6.07) is 14.8. The summed E-state index contributed by atoms with van der Waals surface area (Å²) in [7, 11) is 0. The Kier molecular flexibility index (Phi) is 3.79. The van der Waals surface area contributed by atoms with Gasteiger partial charge in [-0.25, -0.2) is 0 Å². The minimum Gasteiger partial charge on any atom is -0.282 e. The molecule has 0 bridgehead atoms. The van der Waals surface area contributed by atoms with Crippen LogP contribution in [0.4, 0.5) is 0 Å². The van der Waals surface area contributed by atoms with Gasteiger partial charge in [-0.15, -0.1) is 0 Å². The molecule has 24 heavy (non-hydrogen) atoms. The molecule has 1 aliphatic rings. The van der Waals surface area contributed by atoms with E-state index >= 15 is 0 Å². The first-order valence-electron chi connectivity index (χ1n) is 8.06. The van der Waals surface area contributed by atoms with E-state index in [1.54, 1.807) is 0 Å². The van der Waals surface area contributed by atoms with Crippen molar-refractivity contribution in [3.63, 3.8) is 0 Å². The van der Waals surface area contributed by atoms with Gasteiger partial charge in [0.05, 0.1) is 17.1 Å². The van der Waals surface area contributed by atoms with Crippen LogP contribution < -0.4 is 0 Å². The summed E-state index contributed by atoms with van der Waals surface area (Å²) >= 11 is 0. The predicted molar refractivity (Wildman–Crippen MR) is 96.1 cm³/mol. The average Bonchev–Trinajstić information content (AvgIpc) is 3.27. The van der Waals surface area contributed by atoms with Gasteiger partial charge in [0.1, 0.15) is 0 Å². The molecule has 4 nitrogen and oxygen atoms in total. The van der Waals surface area contributed by atoms with Crippen LogP contribution in [0, 0.1) is 6.92 Å². The van der Waals surface area contributed by atoms with Crippen LogP contribution in [0.1, 0.15) is 28.9 Å². The third-order valence-corrected chi connectivity index (χ3v) is 4.10. The molecule has 3 heterocycles. The molecule has 1 aromatic carbocycles. The van der Waals surface area contributed by atoms with Gasteiger partial charge >= 0.3 is 0 Å². The minimum atomic E-state index is 0.866. The second kappa shape index (κ2) is 6.24. The van der Waals surface area contributed by atoms with Crippen LogP contribution in [-0.2, 0) is 6.42 Å². The van der Waals surface area contributed by atoms with Crippen molar-refractivity contribution in [1.82, 2.24) is 15.2 Å². The van der Waals surface area contributed by atoms with E-state index < -0.39 is 0 Å². The summed E-state index contributed by atoms with van der Waals surface area (Å²) in [5.41, 5.74) is 7.70. The molecule has 4 heteroatoms. The average molecular weight is 314 g/mol. The van der Waals surface area contributed by atoms with Gasteiger partial charge in [0.2, 0.25) is 0 Å². The first kappa shape index (κ1) is 14.6. The van der Waals surface area contributed by atoms with E-state index in [1.165, 1.54) is 11.1 Å². The Morgan fingerprint density at radius 2 is 1.96 bits per heavy atom. The molecule has 0 saturated carbocycles. The molecule has 0 saturated heterocycles. The maximum Gasteiger partial charge on any atom is 0.0923 e. The largest absolute Gasteiger partial charge is 0.282 e. The zero-order chi connectivity index (χ0) is 16.4. The first-order valence-corrected chi connectivity index (χ1v) is 8.06. The molecule has 1 N–H and O–H groups in total. The summed E-state index contributed by atoms with van der Waals surface area (Å²) in [5.74, 6) is 0. The van der Waals surface area contributed by atoms with Gasteiger partial charge in [-0.2, -0.15) is 5.10 Å². The molecular weight excluding hydrogens is 296 g/mol. The lowest BCUT2D eigenvalue weighted by molar-refractivity contribution is 1.05. The number of aryl methyl sites for hydroxylation is 1. The highest BCUT2D eigenvalue weighted by Gasteiger charge is 2.08. The first-order chi connectivity index (χ1) is 11.8. The number of benzene rings is 1. The van der Waals surface area contributed by atoms with Crippen molar-refractivity contribution in [3.05, 3.63) is 83.5 Å². The zero-order valence-electron chi connectivity index (χ0n) is 13.5. The molecule has 0 radical (unpaired) electrons. The van der Waals surface area contributed by atoms with Gasteiger partial charge in [0, 0.05) is 30.1 Å². The lowest BCUT2D eigenvalue weighted by atomic mass is 10.0. The van der Waals surface area contributed by atoms with Crippen LogP contribution in [0.3, 0.4) is 0 Å². The second-order valence-electron chi connectivity index (χ2n) is 6.03. The molecule has 3 aromatic rings. The van der Waals surface area contributed by atoms with E-state index in [-0.39, 0.29) is 0 Å². The Morgan fingerprint density at radius 1 is 1.04 bits per heavy atom. The molecule has 0 amide bonds. The van der Waals surface area contributed by atoms with Gasteiger partial charge in [0.15, 0.2) is 0 Å². The van der Waals surface area contributed by atoms with Crippen LogP contribution in [0.15, 0.2) is 65.9 Å². The monoisotopic (exact) mass is 314 g/mol. The second-order valence-corrected chi connectivity index (χ2v) is 6.03. The van der Waals surface area contributed by atoms with E-state index in [0.717, 1.165) is 41.2 Å². The number of hydrogen-bond acceptors (Lipinski definition) is 3. The van der Waals surface area contributed by atoms with E-state index in [4.69, 9.17) is 0 Å². The maximum atomic E-state index is 4.45. The number of rotatable bonds is 4. The summed E-state index contributed by atoms with van der Waals surface area (Å²) in [6.07, 6.45) is 7.50. The lowest BCUT2D eigenvalue weighted by Crippen LogP contribution is -2.01. The number of nitrogens with zero attached hydrogens (tertiary/aromatic N) is 3. The van der Waals surface area contributed by atoms with Gasteiger partial charge < -0.3 is 0 Å². The van der Waals surface area contributed by atoms with Gasteiger partial charge in [-0.3, -0.25) is 15.1 Å². The Balaban J connectivity index is 1.58. The Morgan fingerprint density at radius 3 is 2.75 bits per heavy atom. The summed E-state index contributed by atoms with van der Waals surface area (Å²) in [6.45, 7) is 2.01. The number of hydrogen-bond donors (Lipinski definition) is 1. The van der Waals surface area contributed by atoms with Crippen molar-refractivity contribution < 1.29 is 0 Å². The van der Waals surface area contributed by atoms with Crippen LogP contribution >= 0.6 is 0 Å². The number of aromatic nitrogens is 3. The number of H-pyrrole nitrogens is 1. The van der Waals surface area contributed by atoms with E-state index in [1.807, 2.05) is 19.3 Å². The quantitative estimate of drug-likeness (QED) is 0.789. The summed E-state index contributed by atoms with van der Waals surface area (Å²) in [4.78, 5) is 8.82. The third kappa shape index (κ3) is 3.04. The van der Waals surface area contributed by atoms with Crippen molar-refractivity contribution in [2.24, 2.45) is 4.99 Å². The van der Waals surface area contributed by atoms with Crippen molar-refractivity contribution >= 4 is 5.71 Å². The van der Waals surface area contributed by atoms with Crippen molar-refractivity contribution in [2.75, 3.05) is 0 Å². The molecule has 0 aliphatic carbocycles. The highest BCUT2D eigenvalue weighted by molar-refractivity contribution is 6.01. The van der Waals surface area contributed by atoms with Crippen molar-refractivity contribution in [2.45, 2.75) is 19.8 Å². The molecule has 0 spiro atoms. The number of nitrogens with one attached hydrogen (secondary N) is 1. The smallest absolute Gasteiger partial charge is 0.0923 e. The van der Waals surface area contributed by atoms with Crippen LogP contribution in [0.5, 0.6) is 0 Å². The normalized spacial score (nSPS) is 13.3. The Bertz CT molecular complexity index is 934. The summed E-state index contributed by atoms with van der Waals surface area (Å²) < 4.78 is 0. The fourth-order valence-corrected chi connectivity index (χ4v) is 2.91. The van der Waals surface area contributed by atoms with Crippen LogP contribution in [0.25, 0.3) is 11.3 Å². The van der Waals surface area contributed by atoms with E-state index in [2.05, 4.69) is 68.7 Å². The Hall–Kier alpha value is -3.01. The Labute approximate surface area is 141 Å². The fourth-order valence-electron chi connectivity index (χ4n) is 2.91. The number of pyridine rings is 1. The van der Waals surface area contributed by atoms with Gasteiger partial charge in [-0.05, 0) is 48.7 Å². The van der Waals surface area contributed by atoms with Crippen molar-refractivity contribution in [3.8, 4) is 11.3 Å². The molecule has 4 rings (SSSR count). The molecule has 0 fully saturated rings. The predicted octanol–water partition coefficient (Wildman–Crippen LogP) is 4.08. The number of aromatic amines is 1. The summed E-state index contributed by atoms with van der Waals surface area (Å²) in [5, 5.41) is 7.34. The van der Waals surface area contributed by atoms with Crippen LogP contribution in [-0.4, -0.2) is 20.9 Å². The highest BCUT2D eigenvalue weighted by atomic mass is 15.1. The molecule has 118 valence electrons. The van der Waals surface area contributed by atoms with Crippen LogP contribution in [0.2, 0.25) is 0 Å². The minimum absolute atomic E-state index is 0.866. The lowest BCUT2D eigenvalue weighted by Gasteiger charge is -2.06. The molecular formula is C20H18N4. The standard InChI is InChI=1S/C20H18N4/c1-14-10-19(24-23-14)17-5-2-4-15(12-17)11-16-7-9-22-20(13-16)18-6-3-8-21-18/h2-5,7-10,12-13H,6,11H2,1H3,(H,23,24). The molecule has 0 atom stereocenters. The topological polar surface area (TPSA) is 53.9 Å². The highest BCUT2D eigenvalue weighted by Crippen LogP contribution is 2.21. The fraction of sp³-hybridized carbons (Fsp3) is 0.150. The molecule has 1 aliphatic heterocycles. The number of allylic oxidation sites excluding steroid dienone is 1. The molecule has 0 unspecified atom stereocenters. The van der Waals surface area contributed by atoms with Gasteiger partial charge in [-0.1, -0.05) is 24.3 Å². The number of aliphatic imine (C=N–C) groups is 1.